The van der Waals surface area contributed by atoms with Crippen molar-refractivity contribution in [3.05, 3.63) is 0 Å². The molecule has 0 aromatic rings. The smallest absolute Gasteiger partial charge is 0.342 e. The first kappa shape index (κ1) is 18.3. The highest BCUT2D eigenvalue weighted by molar-refractivity contribution is 6.57. The van der Waals surface area contributed by atoms with Crippen molar-refractivity contribution in [1.82, 2.24) is 0 Å². The SMILES string of the molecule is CCCCCCCCC(Cl)CC(Cl)(Cl)C(=O)OC. The second-order valence-electron chi connectivity index (χ2n) is 4.55. The Morgan fingerprint density at radius 3 is 2.28 bits per heavy atom. The zero-order valence-corrected chi connectivity index (χ0v) is 13.5. The molecule has 0 spiro atoms. The van der Waals surface area contributed by atoms with Crippen molar-refractivity contribution >= 4 is 40.8 Å². The van der Waals surface area contributed by atoms with Crippen LogP contribution in [0.25, 0.3) is 0 Å². The first-order chi connectivity index (χ1) is 8.44. The number of unbranched alkanes of at least 4 members (excludes halogenated alkanes) is 5. The molecular weight excluding hydrogens is 294 g/mol. The minimum atomic E-state index is -1.52. The summed E-state index contributed by atoms with van der Waals surface area (Å²) in [5, 5.41) is -0.190. The molecule has 0 aliphatic heterocycles. The van der Waals surface area contributed by atoms with Crippen LogP contribution in [-0.2, 0) is 9.53 Å². The number of hydrogen-bond acceptors (Lipinski definition) is 2. The zero-order chi connectivity index (χ0) is 14.0. The van der Waals surface area contributed by atoms with Crippen LogP contribution in [0.5, 0.6) is 0 Å². The van der Waals surface area contributed by atoms with Gasteiger partial charge in [0.2, 0.25) is 4.33 Å². The monoisotopic (exact) mass is 316 g/mol. The summed E-state index contributed by atoms with van der Waals surface area (Å²) < 4.78 is 3.00. The Labute approximate surface area is 125 Å². The topological polar surface area (TPSA) is 26.3 Å². The molecule has 0 radical (unpaired) electrons. The maximum Gasteiger partial charge on any atom is 0.342 e. The number of carbonyl (C=O) groups excluding carboxylic acids is 1. The van der Waals surface area contributed by atoms with E-state index in [1.54, 1.807) is 0 Å². The van der Waals surface area contributed by atoms with Gasteiger partial charge >= 0.3 is 5.97 Å². The van der Waals surface area contributed by atoms with Gasteiger partial charge in [0.15, 0.2) is 0 Å². The van der Waals surface area contributed by atoms with Crippen molar-refractivity contribution in [1.29, 1.82) is 0 Å². The lowest BCUT2D eigenvalue weighted by Crippen LogP contribution is -2.30. The highest BCUT2D eigenvalue weighted by Crippen LogP contribution is 2.31. The van der Waals surface area contributed by atoms with Crippen molar-refractivity contribution in [2.45, 2.75) is 68.0 Å². The highest BCUT2D eigenvalue weighted by atomic mass is 35.5. The van der Waals surface area contributed by atoms with E-state index in [9.17, 15) is 4.79 Å². The van der Waals surface area contributed by atoms with E-state index in [0.29, 0.717) is 0 Å². The molecule has 0 aliphatic rings. The van der Waals surface area contributed by atoms with Gasteiger partial charge < -0.3 is 4.74 Å². The second-order valence-corrected chi connectivity index (χ2v) is 6.66. The largest absolute Gasteiger partial charge is 0.467 e. The third kappa shape index (κ3) is 8.44. The lowest BCUT2D eigenvalue weighted by Gasteiger charge is -2.19. The molecule has 0 heterocycles. The van der Waals surface area contributed by atoms with Crippen molar-refractivity contribution < 1.29 is 9.53 Å². The van der Waals surface area contributed by atoms with Crippen LogP contribution in [0.2, 0.25) is 0 Å². The van der Waals surface area contributed by atoms with Gasteiger partial charge in [0.25, 0.3) is 0 Å². The van der Waals surface area contributed by atoms with Gasteiger partial charge in [0.1, 0.15) is 0 Å². The number of carbonyl (C=O) groups is 1. The molecule has 0 amide bonds. The molecule has 1 atom stereocenters. The Kier molecular flexibility index (Phi) is 10.4. The van der Waals surface area contributed by atoms with Crippen LogP contribution in [0.1, 0.15) is 58.3 Å². The molecule has 1 unspecified atom stereocenters. The molecule has 108 valence electrons. The molecule has 0 fully saturated rings. The number of alkyl halides is 3. The van der Waals surface area contributed by atoms with Crippen LogP contribution in [0.3, 0.4) is 0 Å². The molecule has 0 aromatic carbocycles. The van der Waals surface area contributed by atoms with Gasteiger partial charge in [-0.1, -0.05) is 68.7 Å². The molecule has 0 aliphatic carbocycles. The van der Waals surface area contributed by atoms with Crippen molar-refractivity contribution in [3.63, 3.8) is 0 Å². The summed E-state index contributed by atoms with van der Waals surface area (Å²) in [4.78, 5) is 11.3. The van der Waals surface area contributed by atoms with Crippen LogP contribution >= 0.6 is 34.8 Å². The summed E-state index contributed by atoms with van der Waals surface area (Å²) in [5.74, 6) is -0.639. The average Bonchev–Trinajstić information content (AvgIpc) is 2.31. The number of ether oxygens (including phenoxy) is 1. The summed E-state index contributed by atoms with van der Waals surface area (Å²) in [6.07, 6.45) is 8.31. The predicted octanol–water partition coefficient (Wildman–Crippen LogP) is 5.08. The number of hydrogen-bond donors (Lipinski definition) is 0. The lowest BCUT2D eigenvalue weighted by atomic mass is 10.1. The average molecular weight is 318 g/mol. The third-order valence-corrected chi connectivity index (χ3v) is 3.82. The molecule has 0 saturated carbocycles. The van der Waals surface area contributed by atoms with Gasteiger partial charge in [-0.05, 0) is 6.42 Å². The summed E-state index contributed by atoms with van der Waals surface area (Å²) in [5.41, 5.74) is 0. The second kappa shape index (κ2) is 10.2. The first-order valence-corrected chi connectivity index (χ1v) is 7.73. The molecule has 0 bridgehead atoms. The van der Waals surface area contributed by atoms with E-state index in [1.165, 1.54) is 39.2 Å². The van der Waals surface area contributed by atoms with Crippen LogP contribution in [0.4, 0.5) is 0 Å². The number of halogens is 3. The number of esters is 1. The summed E-state index contributed by atoms with van der Waals surface area (Å²) in [6.45, 7) is 2.20. The Bertz CT molecular complexity index is 232. The van der Waals surface area contributed by atoms with E-state index in [2.05, 4.69) is 11.7 Å². The summed E-state index contributed by atoms with van der Waals surface area (Å²) >= 11 is 17.9. The summed E-state index contributed by atoms with van der Waals surface area (Å²) in [6, 6.07) is 0. The minimum Gasteiger partial charge on any atom is -0.467 e. The maximum atomic E-state index is 11.3. The number of methoxy groups -OCH3 is 1. The standard InChI is InChI=1S/C13H23Cl3O2/c1-3-4-5-6-7-8-9-11(14)10-13(15,16)12(17)18-2/h11H,3-10H2,1-2H3. The minimum absolute atomic E-state index is 0.190. The van der Waals surface area contributed by atoms with Crippen molar-refractivity contribution in [2.75, 3.05) is 7.11 Å². The Morgan fingerprint density at radius 1 is 1.17 bits per heavy atom. The molecule has 0 N–H and O–H groups in total. The Balaban J connectivity index is 3.70. The maximum absolute atomic E-state index is 11.3. The van der Waals surface area contributed by atoms with E-state index < -0.39 is 10.3 Å². The molecule has 0 saturated heterocycles. The fourth-order valence-electron chi connectivity index (χ4n) is 1.76. The number of rotatable bonds is 10. The van der Waals surface area contributed by atoms with E-state index in [-0.39, 0.29) is 11.8 Å². The fourth-order valence-corrected chi connectivity index (χ4v) is 2.83. The molecule has 0 rings (SSSR count). The first-order valence-electron chi connectivity index (χ1n) is 6.54. The van der Waals surface area contributed by atoms with Crippen LogP contribution in [-0.4, -0.2) is 22.8 Å². The Morgan fingerprint density at radius 2 is 1.72 bits per heavy atom. The van der Waals surface area contributed by atoms with Gasteiger partial charge in [-0.3, -0.25) is 0 Å². The zero-order valence-electron chi connectivity index (χ0n) is 11.2. The van der Waals surface area contributed by atoms with Crippen LogP contribution in [0.15, 0.2) is 0 Å². The van der Waals surface area contributed by atoms with Crippen molar-refractivity contribution in [2.24, 2.45) is 0 Å². The summed E-state index contributed by atoms with van der Waals surface area (Å²) in [7, 11) is 1.26. The Hall–Kier alpha value is 0.340. The van der Waals surface area contributed by atoms with Gasteiger partial charge in [-0.25, -0.2) is 4.79 Å². The third-order valence-electron chi connectivity index (χ3n) is 2.83. The highest BCUT2D eigenvalue weighted by Gasteiger charge is 2.36. The van der Waals surface area contributed by atoms with Crippen LogP contribution in [0, 0.1) is 0 Å². The molecule has 18 heavy (non-hydrogen) atoms. The molecular formula is C13H23Cl3O2. The molecule has 5 heteroatoms. The van der Waals surface area contributed by atoms with E-state index in [0.717, 1.165) is 12.8 Å². The predicted molar refractivity (Wildman–Crippen MR) is 78.7 cm³/mol. The normalized spacial score (nSPS) is 13.4. The van der Waals surface area contributed by atoms with E-state index >= 15 is 0 Å². The van der Waals surface area contributed by atoms with Crippen LogP contribution < -0.4 is 0 Å². The van der Waals surface area contributed by atoms with E-state index in [4.69, 9.17) is 34.8 Å². The van der Waals surface area contributed by atoms with Crippen molar-refractivity contribution in [3.8, 4) is 0 Å². The van der Waals surface area contributed by atoms with E-state index in [1.807, 2.05) is 0 Å². The fraction of sp³-hybridized carbons (Fsp3) is 0.923. The molecule has 0 aromatic heterocycles. The van der Waals surface area contributed by atoms with Gasteiger partial charge in [-0.2, -0.15) is 0 Å². The van der Waals surface area contributed by atoms with Gasteiger partial charge in [0.05, 0.1) is 7.11 Å². The van der Waals surface area contributed by atoms with Gasteiger partial charge in [-0.15, -0.1) is 11.6 Å². The quantitative estimate of drug-likeness (QED) is 0.319. The lowest BCUT2D eigenvalue weighted by molar-refractivity contribution is -0.141. The molecule has 2 nitrogen and oxygen atoms in total. The van der Waals surface area contributed by atoms with Gasteiger partial charge in [0, 0.05) is 11.8 Å².